The zero-order chi connectivity index (χ0) is 10.3. The van der Waals surface area contributed by atoms with Crippen LogP contribution in [0.3, 0.4) is 0 Å². The van der Waals surface area contributed by atoms with Crippen LogP contribution < -0.4 is 5.73 Å². The fourth-order valence-electron chi connectivity index (χ4n) is 0.426. The molecule has 13 heavy (non-hydrogen) atoms. The highest BCUT2D eigenvalue weighted by atomic mass is 32.2. The molecule has 0 amide bonds. The Kier molecular flexibility index (Phi) is 7.12. The lowest BCUT2D eigenvalue weighted by Crippen LogP contribution is -2.01. The Morgan fingerprint density at radius 3 is 2.31 bits per heavy atom. The number of aromatic nitrogens is 1. The van der Waals surface area contributed by atoms with Crippen LogP contribution in [0.1, 0.15) is 5.69 Å². The van der Waals surface area contributed by atoms with Crippen LogP contribution in [0.5, 0.6) is 0 Å². The molecule has 1 rings (SSSR count). The van der Waals surface area contributed by atoms with Crippen LogP contribution in [-0.4, -0.2) is 22.7 Å². The number of amidine groups is 1. The molecule has 0 bridgehead atoms. The van der Waals surface area contributed by atoms with Crippen LogP contribution in [0.25, 0.3) is 0 Å². The summed E-state index contributed by atoms with van der Waals surface area (Å²) >= 11 is 4.64. The third-order valence-electron chi connectivity index (χ3n) is 0.992. The van der Waals surface area contributed by atoms with Crippen molar-refractivity contribution < 1.29 is 0 Å². The maximum absolute atomic E-state index is 6.48. The summed E-state index contributed by atoms with van der Waals surface area (Å²) in [4.78, 5) is 4.21. The molecule has 0 aliphatic rings. The van der Waals surface area contributed by atoms with Gasteiger partial charge >= 0.3 is 0 Å². The largest absolute Gasteiger partial charge is 0.379 e. The molecule has 3 nitrogen and oxygen atoms in total. The van der Waals surface area contributed by atoms with Crippen molar-refractivity contribution in [2.75, 3.05) is 12.5 Å². The summed E-state index contributed by atoms with van der Waals surface area (Å²) in [6.45, 7) is 2.01. The molecule has 0 radical (unpaired) electrons. The minimum atomic E-state index is 0.171. The Morgan fingerprint density at radius 2 is 2.15 bits per heavy atom. The van der Waals surface area contributed by atoms with Gasteiger partial charge in [-0.1, -0.05) is 23.5 Å². The summed E-state index contributed by atoms with van der Waals surface area (Å²) in [5, 5.41) is 8.72. The highest BCUT2D eigenvalue weighted by Crippen LogP contribution is 2.18. The Balaban J connectivity index is 0.000000252. The highest BCUT2D eigenvalue weighted by Gasteiger charge is 1.92. The first kappa shape index (κ1) is 12.8. The number of nitrogens with zero attached hydrogens (tertiary/aromatic N) is 1. The van der Waals surface area contributed by atoms with Crippen molar-refractivity contribution >= 4 is 40.0 Å². The van der Waals surface area contributed by atoms with Crippen molar-refractivity contribution in [1.29, 1.82) is 5.41 Å². The van der Waals surface area contributed by atoms with Gasteiger partial charge in [-0.05, 0) is 19.4 Å². The van der Waals surface area contributed by atoms with E-state index in [-0.39, 0.29) is 5.17 Å². The highest BCUT2D eigenvalue weighted by molar-refractivity contribution is 8.13. The Labute approximate surface area is 91.0 Å². The SMILES string of the molecule is CSC(=N)N.CSc1nc(C)cs1. The van der Waals surface area contributed by atoms with Gasteiger partial charge in [0.05, 0.1) is 0 Å². The van der Waals surface area contributed by atoms with E-state index in [9.17, 15) is 0 Å². The number of hydrogen-bond acceptors (Lipinski definition) is 5. The van der Waals surface area contributed by atoms with Gasteiger partial charge in [0.1, 0.15) is 4.34 Å². The number of thiazole rings is 1. The predicted molar refractivity (Wildman–Crippen MR) is 64.1 cm³/mol. The van der Waals surface area contributed by atoms with Gasteiger partial charge in [-0.15, -0.1) is 11.3 Å². The number of nitrogens with two attached hydrogens (primary N) is 1. The molecule has 0 spiro atoms. The van der Waals surface area contributed by atoms with Crippen molar-refractivity contribution in [1.82, 2.24) is 4.98 Å². The van der Waals surface area contributed by atoms with E-state index in [1.54, 1.807) is 29.4 Å². The Morgan fingerprint density at radius 1 is 1.62 bits per heavy atom. The Hall–Kier alpha value is -0.200. The van der Waals surface area contributed by atoms with Gasteiger partial charge in [-0.2, -0.15) is 0 Å². The zero-order valence-corrected chi connectivity index (χ0v) is 10.3. The predicted octanol–water partition coefficient (Wildman–Crippen LogP) is 2.42. The van der Waals surface area contributed by atoms with Crippen LogP contribution in [-0.2, 0) is 0 Å². The van der Waals surface area contributed by atoms with Crippen molar-refractivity contribution in [2.24, 2.45) is 5.73 Å². The van der Waals surface area contributed by atoms with Gasteiger partial charge in [0.25, 0.3) is 0 Å². The van der Waals surface area contributed by atoms with E-state index in [1.165, 1.54) is 11.8 Å². The fraction of sp³-hybridized carbons (Fsp3) is 0.429. The van der Waals surface area contributed by atoms with E-state index < -0.39 is 0 Å². The number of thioether (sulfide) groups is 2. The average Bonchev–Trinajstić information content (AvgIpc) is 2.52. The first-order valence-corrected chi connectivity index (χ1v) is 6.77. The van der Waals surface area contributed by atoms with Crippen molar-refractivity contribution in [2.45, 2.75) is 11.3 Å². The number of aryl methyl sites for hydroxylation is 1. The summed E-state index contributed by atoms with van der Waals surface area (Å²) in [6, 6.07) is 0. The molecule has 0 saturated carbocycles. The van der Waals surface area contributed by atoms with Gasteiger partial charge in [-0.25, -0.2) is 4.98 Å². The van der Waals surface area contributed by atoms with Crippen LogP contribution in [0, 0.1) is 12.3 Å². The molecule has 74 valence electrons. The topological polar surface area (TPSA) is 62.8 Å². The molecular weight excluding hydrogens is 222 g/mol. The monoisotopic (exact) mass is 235 g/mol. The van der Waals surface area contributed by atoms with E-state index >= 15 is 0 Å². The molecule has 6 heteroatoms. The van der Waals surface area contributed by atoms with Crippen molar-refractivity contribution in [3.05, 3.63) is 11.1 Å². The molecule has 0 unspecified atom stereocenters. The molecule has 1 aromatic rings. The molecule has 0 atom stereocenters. The second kappa shape index (κ2) is 7.23. The number of nitrogens with one attached hydrogen (secondary N) is 1. The normalized spacial score (nSPS) is 8.85. The molecule has 0 aliphatic carbocycles. The maximum Gasteiger partial charge on any atom is 0.150 e. The lowest BCUT2D eigenvalue weighted by atomic mass is 10.6. The second-order valence-electron chi connectivity index (χ2n) is 2.03. The molecule has 0 saturated heterocycles. The van der Waals surface area contributed by atoms with Gasteiger partial charge < -0.3 is 5.73 Å². The summed E-state index contributed by atoms with van der Waals surface area (Å²) in [7, 11) is 0. The van der Waals surface area contributed by atoms with E-state index in [2.05, 4.69) is 10.4 Å². The maximum atomic E-state index is 6.48. The van der Waals surface area contributed by atoms with Gasteiger partial charge in [0.2, 0.25) is 0 Å². The number of rotatable bonds is 1. The third-order valence-corrected chi connectivity index (χ3v) is 3.41. The first-order valence-electron chi connectivity index (χ1n) is 3.44. The fourth-order valence-corrected chi connectivity index (χ4v) is 1.71. The van der Waals surface area contributed by atoms with E-state index in [0.29, 0.717) is 0 Å². The van der Waals surface area contributed by atoms with Crippen LogP contribution in [0.2, 0.25) is 0 Å². The molecule has 0 aliphatic heterocycles. The van der Waals surface area contributed by atoms with Crippen LogP contribution in [0.15, 0.2) is 9.72 Å². The van der Waals surface area contributed by atoms with Gasteiger partial charge in [0.15, 0.2) is 5.17 Å². The van der Waals surface area contributed by atoms with Gasteiger partial charge in [0, 0.05) is 11.1 Å². The van der Waals surface area contributed by atoms with E-state index in [4.69, 9.17) is 11.1 Å². The van der Waals surface area contributed by atoms with Gasteiger partial charge in [-0.3, -0.25) is 5.41 Å². The van der Waals surface area contributed by atoms with E-state index in [1.807, 2.05) is 13.2 Å². The number of hydrogen-bond donors (Lipinski definition) is 2. The minimum Gasteiger partial charge on any atom is -0.379 e. The minimum absolute atomic E-state index is 0.171. The molecule has 3 N–H and O–H groups in total. The molecular formula is C7H13N3S3. The van der Waals surface area contributed by atoms with Crippen LogP contribution in [0.4, 0.5) is 0 Å². The third kappa shape index (κ3) is 6.92. The lowest BCUT2D eigenvalue weighted by Gasteiger charge is -1.79. The quantitative estimate of drug-likeness (QED) is 0.446. The summed E-state index contributed by atoms with van der Waals surface area (Å²) in [6.07, 6.45) is 3.81. The molecule has 1 heterocycles. The summed E-state index contributed by atoms with van der Waals surface area (Å²) < 4.78 is 1.16. The average molecular weight is 235 g/mol. The standard InChI is InChI=1S/C5H7NS2.C2H6N2S/c1-4-3-8-5(6-4)7-2;1-5-2(3)4/h3H,1-2H3;1H3,(H3,3,4). The second-order valence-corrected chi connectivity index (χ2v) is 4.79. The summed E-state index contributed by atoms with van der Waals surface area (Å²) in [5.74, 6) is 0. The smallest absolute Gasteiger partial charge is 0.150 e. The zero-order valence-electron chi connectivity index (χ0n) is 7.83. The van der Waals surface area contributed by atoms with Crippen molar-refractivity contribution in [3.8, 4) is 0 Å². The molecule has 0 fully saturated rings. The Bertz CT molecular complexity index is 259. The van der Waals surface area contributed by atoms with Crippen LogP contribution >= 0.6 is 34.9 Å². The summed E-state index contributed by atoms with van der Waals surface area (Å²) in [5.41, 5.74) is 5.96. The lowest BCUT2D eigenvalue weighted by molar-refractivity contribution is 1.16. The first-order chi connectivity index (χ1) is 6.10. The van der Waals surface area contributed by atoms with E-state index in [0.717, 1.165) is 10.0 Å². The molecule has 1 aromatic heterocycles. The van der Waals surface area contributed by atoms with Crippen molar-refractivity contribution in [3.63, 3.8) is 0 Å². The molecule has 0 aromatic carbocycles.